The Morgan fingerprint density at radius 3 is 2.69 bits per heavy atom. The Morgan fingerprint density at radius 2 is 2.07 bits per heavy atom. The number of nitrogens with zero attached hydrogens (tertiary/aromatic N) is 1. The summed E-state index contributed by atoms with van der Waals surface area (Å²) < 4.78 is 4.90. The molecule has 0 spiro atoms. The van der Waals surface area contributed by atoms with Gasteiger partial charge in [-0.05, 0) is 30.4 Å². The lowest BCUT2D eigenvalue weighted by atomic mass is 10.0. The predicted octanol–water partition coefficient (Wildman–Crippen LogP) is 0.356. The molecule has 1 fully saturated rings. The van der Waals surface area contributed by atoms with Gasteiger partial charge in [0.15, 0.2) is 0 Å². The summed E-state index contributed by atoms with van der Waals surface area (Å²) in [5.41, 5.74) is 0.912. The molecule has 0 unspecified atom stereocenters. The molecule has 1 saturated heterocycles. The van der Waals surface area contributed by atoms with Crippen LogP contribution in [-0.2, 0) is 30.3 Å². The Hall–Kier alpha value is -2.55. The summed E-state index contributed by atoms with van der Waals surface area (Å²) in [5.74, 6) is -0.511. The third-order valence-corrected chi connectivity index (χ3v) is 5.52. The Labute approximate surface area is 174 Å². The lowest BCUT2D eigenvalue weighted by molar-refractivity contribution is -0.151. The average molecular weight is 422 g/mol. The molecule has 158 valence electrons. The van der Waals surface area contributed by atoms with E-state index >= 15 is 0 Å². The van der Waals surface area contributed by atoms with Crippen LogP contribution < -0.4 is 10.6 Å². The SMILES string of the molecule is COC(=O)[C@H](Cc1ccccc1)N1CC[C@H](NC(=O)[C@H](CCSC)NC=O)C1=O. The van der Waals surface area contributed by atoms with Gasteiger partial charge >= 0.3 is 5.97 Å². The van der Waals surface area contributed by atoms with Gasteiger partial charge in [0.1, 0.15) is 18.1 Å². The second kappa shape index (κ2) is 11.5. The Kier molecular flexibility index (Phi) is 8.98. The fraction of sp³-hybridized carbons (Fsp3) is 0.500. The topological polar surface area (TPSA) is 105 Å². The molecular formula is C20H27N3O5S. The van der Waals surface area contributed by atoms with E-state index in [-0.39, 0.29) is 5.91 Å². The summed E-state index contributed by atoms with van der Waals surface area (Å²) in [7, 11) is 1.29. The number of amides is 3. The predicted molar refractivity (Wildman–Crippen MR) is 110 cm³/mol. The van der Waals surface area contributed by atoms with Gasteiger partial charge in [0.25, 0.3) is 0 Å². The third-order valence-electron chi connectivity index (χ3n) is 4.87. The van der Waals surface area contributed by atoms with Crippen molar-refractivity contribution in [1.29, 1.82) is 0 Å². The number of nitrogens with one attached hydrogen (secondary N) is 2. The summed E-state index contributed by atoms with van der Waals surface area (Å²) >= 11 is 1.56. The summed E-state index contributed by atoms with van der Waals surface area (Å²) in [6.07, 6.45) is 3.59. The average Bonchev–Trinajstić information content (AvgIpc) is 3.09. The van der Waals surface area contributed by atoms with Crippen LogP contribution >= 0.6 is 11.8 Å². The monoisotopic (exact) mass is 421 g/mol. The number of rotatable bonds is 11. The molecule has 1 heterocycles. The second-order valence-electron chi connectivity index (χ2n) is 6.73. The summed E-state index contributed by atoms with van der Waals surface area (Å²) in [4.78, 5) is 50.0. The van der Waals surface area contributed by atoms with Crippen molar-refractivity contribution < 1.29 is 23.9 Å². The first-order valence-corrected chi connectivity index (χ1v) is 10.8. The molecule has 0 saturated carbocycles. The molecule has 29 heavy (non-hydrogen) atoms. The van der Waals surface area contributed by atoms with Gasteiger partial charge < -0.3 is 20.3 Å². The zero-order chi connectivity index (χ0) is 21.2. The van der Waals surface area contributed by atoms with Crippen LogP contribution in [0.15, 0.2) is 30.3 Å². The molecule has 1 aliphatic heterocycles. The van der Waals surface area contributed by atoms with Crippen LogP contribution in [0.4, 0.5) is 0 Å². The lowest BCUT2D eigenvalue weighted by Crippen LogP contribution is -2.52. The van der Waals surface area contributed by atoms with Crippen molar-refractivity contribution in [2.75, 3.05) is 25.7 Å². The molecule has 0 aromatic heterocycles. The van der Waals surface area contributed by atoms with Crippen molar-refractivity contribution in [2.24, 2.45) is 0 Å². The molecule has 9 heteroatoms. The standard InChI is InChI=1S/C20H27N3O5S/c1-28-20(27)17(12-14-6-4-3-5-7-14)23-10-8-16(19(23)26)22-18(25)15(21-13-24)9-11-29-2/h3-7,13,15-17H,8-12H2,1-2H3,(H,21,24)(H,22,25)/t15-,16-,17-/m0/s1. The molecule has 8 nitrogen and oxygen atoms in total. The van der Waals surface area contributed by atoms with Gasteiger partial charge in [-0.3, -0.25) is 14.4 Å². The van der Waals surface area contributed by atoms with Crippen molar-refractivity contribution in [3.8, 4) is 0 Å². The highest BCUT2D eigenvalue weighted by Crippen LogP contribution is 2.19. The van der Waals surface area contributed by atoms with E-state index in [1.807, 2.05) is 36.6 Å². The van der Waals surface area contributed by atoms with E-state index in [0.717, 1.165) is 5.56 Å². The smallest absolute Gasteiger partial charge is 0.328 e. The normalized spacial score (nSPS) is 18.1. The number of ether oxygens (including phenoxy) is 1. The zero-order valence-electron chi connectivity index (χ0n) is 16.6. The fourth-order valence-corrected chi connectivity index (χ4v) is 3.79. The number of likely N-dealkylation sites (tertiary alicyclic amines) is 1. The lowest BCUT2D eigenvalue weighted by Gasteiger charge is -2.26. The molecule has 1 aromatic rings. The molecular weight excluding hydrogens is 394 g/mol. The fourth-order valence-electron chi connectivity index (χ4n) is 3.32. The van der Waals surface area contributed by atoms with E-state index in [1.165, 1.54) is 12.0 Å². The highest BCUT2D eigenvalue weighted by molar-refractivity contribution is 7.98. The number of carbonyl (C=O) groups is 4. The Balaban J connectivity index is 2.06. The van der Waals surface area contributed by atoms with Crippen LogP contribution in [0.5, 0.6) is 0 Å². The molecule has 0 aliphatic carbocycles. The number of hydrogen-bond donors (Lipinski definition) is 2. The van der Waals surface area contributed by atoms with E-state index in [4.69, 9.17) is 4.74 Å². The first kappa shape index (κ1) is 22.7. The Bertz CT molecular complexity index is 715. The second-order valence-corrected chi connectivity index (χ2v) is 7.71. The summed E-state index contributed by atoms with van der Waals surface area (Å²) in [6.45, 7) is 0.340. The zero-order valence-corrected chi connectivity index (χ0v) is 17.4. The number of benzene rings is 1. The minimum Gasteiger partial charge on any atom is -0.467 e. The number of carbonyl (C=O) groups excluding carboxylic acids is 4. The molecule has 1 aliphatic rings. The summed E-state index contributed by atoms with van der Waals surface area (Å²) in [6, 6.07) is 7.22. The van der Waals surface area contributed by atoms with E-state index in [1.54, 1.807) is 11.8 Å². The molecule has 1 aromatic carbocycles. The van der Waals surface area contributed by atoms with Crippen molar-refractivity contribution in [1.82, 2.24) is 15.5 Å². The molecule has 0 radical (unpaired) electrons. The molecule has 2 N–H and O–H groups in total. The van der Waals surface area contributed by atoms with Crippen LogP contribution in [0, 0.1) is 0 Å². The van der Waals surface area contributed by atoms with Crippen molar-refractivity contribution in [3.05, 3.63) is 35.9 Å². The highest BCUT2D eigenvalue weighted by atomic mass is 32.2. The van der Waals surface area contributed by atoms with Crippen LogP contribution in [0.1, 0.15) is 18.4 Å². The first-order chi connectivity index (χ1) is 14.0. The Morgan fingerprint density at radius 1 is 1.34 bits per heavy atom. The highest BCUT2D eigenvalue weighted by Gasteiger charge is 2.40. The number of methoxy groups -OCH3 is 1. The maximum Gasteiger partial charge on any atom is 0.328 e. The van der Waals surface area contributed by atoms with E-state index in [9.17, 15) is 19.2 Å². The van der Waals surface area contributed by atoms with Gasteiger partial charge in [-0.25, -0.2) is 4.79 Å². The van der Waals surface area contributed by atoms with Gasteiger partial charge in [-0.1, -0.05) is 30.3 Å². The minimum absolute atomic E-state index is 0.320. The molecule has 2 rings (SSSR count). The minimum atomic E-state index is -0.753. The van der Waals surface area contributed by atoms with Gasteiger partial charge in [-0.2, -0.15) is 11.8 Å². The van der Waals surface area contributed by atoms with Crippen LogP contribution in [-0.4, -0.2) is 72.9 Å². The van der Waals surface area contributed by atoms with Gasteiger partial charge in [-0.15, -0.1) is 0 Å². The molecule has 3 amide bonds. The number of esters is 1. The molecule has 3 atom stereocenters. The first-order valence-electron chi connectivity index (χ1n) is 9.43. The largest absolute Gasteiger partial charge is 0.467 e. The van der Waals surface area contributed by atoms with E-state index < -0.39 is 30.0 Å². The van der Waals surface area contributed by atoms with Crippen molar-refractivity contribution >= 4 is 36.0 Å². The number of hydrogen-bond acceptors (Lipinski definition) is 6. The van der Waals surface area contributed by atoms with Crippen LogP contribution in [0.2, 0.25) is 0 Å². The van der Waals surface area contributed by atoms with Crippen LogP contribution in [0.3, 0.4) is 0 Å². The van der Waals surface area contributed by atoms with E-state index in [0.29, 0.717) is 38.0 Å². The van der Waals surface area contributed by atoms with Gasteiger partial charge in [0, 0.05) is 13.0 Å². The van der Waals surface area contributed by atoms with Crippen molar-refractivity contribution in [3.63, 3.8) is 0 Å². The quantitative estimate of drug-likeness (QED) is 0.395. The molecule has 0 bridgehead atoms. The van der Waals surface area contributed by atoms with Crippen molar-refractivity contribution in [2.45, 2.75) is 37.4 Å². The maximum absolute atomic E-state index is 12.9. The van der Waals surface area contributed by atoms with E-state index in [2.05, 4.69) is 10.6 Å². The summed E-state index contributed by atoms with van der Waals surface area (Å²) in [5, 5.41) is 5.21. The number of thioether (sulfide) groups is 1. The van der Waals surface area contributed by atoms with Gasteiger partial charge in [0.2, 0.25) is 18.2 Å². The maximum atomic E-state index is 12.9. The van der Waals surface area contributed by atoms with Gasteiger partial charge in [0.05, 0.1) is 7.11 Å². The van der Waals surface area contributed by atoms with Crippen LogP contribution in [0.25, 0.3) is 0 Å². The third kappa shape index (κ3) is 6.22.